The summed E-state index contributed by atoms with van der Waals surface area (Å²) in [7, 11) is -1.98. The molecule has 0 aliphatic carbocycles. The van der Waals surface area contributed by atoms with Crippen molar-refractivity contribution in [2.75, 3.05) is 6.26 Å². The zero-order chi connectivity index (χ0) is 12.5. The Bertz CT molecular complexity index is 591. The van der Waals surface area contributed by atoms with E-state index in [0.717, 1.165) is 0 Å². The molecule has 2 rings (SSSR count). The van der Waals surface area contributed by atoms with Crippen molar-refractivity contribution in [2.45, 2.75) is 5.22 Å². The van der Waals surface area contributed by atoms with Crippen LogP contribution < -0.4 is 0 Å². The summed E-state index contributed by atoms with van der Waals surface area (Å²) in [6.07, 6.45) is 1.67. The first kappa shape index (κ1) is 12.3. The lowest BCUT2D eigenvalue weighted by molar-refractivity contribution is 0.464. The van der Waals surface area contributed by atoms with E-state index in [9.17, 15) is 0 Å². The zero-order valence-corrected chi connectivity index (χ0v) is 11.3. The summed E-state index contributed by atoms with van der Waals surface area (Å²) >= 11 is 10.2. The summed E-state index contributed by atoms with van der Waals surface area (Å²) in [6, 6.07) is 7.14. The van der Waals surface area contributed by atoms with Gasteiger partial charge in [0, 0.05) is 0 Å². The van der Waals surface area contributed by atoms with Crippen LogP contribution in [-0.4, -0.2) is 16.5 Å². The molecule has 0 fully saturated rings. The van der Waals surface area contributed by atoms with Gasteiger partial charge in [-0.25, -0.2) is 0 Å². The Morgan fingerprint density at radius 3 is 2.76 bits per heavy atom. The Kier molecular flexibility index (Phi) is 3.33. The van der Waals surface area contributed by atoms with Crippen LogP contribution in [0.25, 0.3) is 11.5 Å². The van der Waals surface area contributed by atoms with E-state index in [2.05, 4.69) is 27.3 Å². The predicted molar refractivity (Wildman–Crippen MR) is 71.1 cm³/mol. The van der Waals surface area contributed by atoms with Gasteiger partial charge in [0.05, 0.1) is 10.6 Å². The minimum Gasteiger partial charge on any atom is -0.411 e. The normalized spacial score (nSPS) is 15.9. The fourth-order valence-electron chi connectivity index (χ4n) is 1.15. The Hall–Kier alpha value is -1.16. The maximum atomic E-state index is 8.94. The molecule has 17 heavy (non-hydrogen) atoms. The highest BCUT2D eigenvalue weighted by Gasteiger charge is 2.23. The quantitative estimate of drug-likeness (QED) is 0.521. The second-order valence-electron chi connectivity index (χ2n) is 3.32. The first-order chi connectivity index (χ1) is 8.04. The smallest absolute Gasteiger partial charge is 0.280 e. The molecule has 1 aromatic heterocycles. The zero-order valence-electron chi connectivity index (χ0n) is 8.79. The summed E-state index contributed by atoms with van der Waals surface area (Å²) in [5, 5.41) is 19.5. The van der Waals surface area contributed by atoms with Crippen LogP contribution in [0.1, 0.15) is 0 Å². The van der Waals surface area contributed by atoms with Crippen LogP contribution in [0.4, 0.5) is 0 Å². The van der Waals surface area contributed by atoms with E-state index in [-0.39, 0.29) is 5.22 Å². The van der Waals surface area contributed by atoms with Crippen molar-refractivity contribution >= 4 is 32.3 Å². The topological polar surface area (TPSA) is 62.7 Å². The second kappa shape index (κ2) is 4.61. The molecule has 0 saturated carbocycles. The number of aromatic nitrogens is 2. The van der Waals surface area contributed by atoms with Gasteiger partial charge in [-0.3, -0.25) is 0 Å². The summed E-state index contributed by atoms with van der Waals surface area (Å²) in [4.78, 5) is 0. The predicted octanol–water partition coefficient (Wildman–Crippen LogP) is 3.51. The molecule has 2 aromatic rings. The lowest BCUT2D eigenvalue weighted by Crippen LogP contribution is -1.85. The fraction of sp³-hybridized carbons (Fsp3) is 0.100. The number of nitrogens with zero attached hydrogens (tertiary/aromatic N) is 3. The SMILES string of the molecule is CS(S)(C#N)c1nnc(-c2ccccc2Cl)o1. The van der Waals surface area contributed by atoms with E-state index in [1.165, 1.54) is 0 Å². The third-order valence-electron chi connectivity index (χ3n) is 2.03. The van der Waals surface area contributed by atoms with Gasteiger partial charge >= 0.3 is 0 Å². The molecular formula is C10H8ClN3OS2. The minimum atomic E-state index is -1.98. The molecule has 0 saturated heterocycles. The number of thiol groups is 1. The van der Waals surface area contributed by atoms with Crippen LogP contribution in [0.5, 0.6) is 0 Å². The lowest BCUT2D eigenvalue weighted by Gasteiger charge is -2.12. The Morgan fingerprint density at radius 2 is 2.12 bits per heavy atom. The fourth-order valence-corrected chi connectivity index (χ4v) is 2.11. The summed E-state index contributed by atoms with van der Waals surface area (Å²) in [5.74, 6) is 0.300. The van der Waals surface area contributed by atoms with E-state index >= 15 is 0 Å². The first-order valence-electron chi connectivity index (χ1n) is 4.54. The third-order valence-corrected chi connectivity index (χ3v) is 4.27. The van der Waals surface area contributed by atoms with Crippen LogP contribution in [0.3, 0.4) is 0 Å². The van der Waals surface area contributed by atoms with Gasteiger partial charge in [0.2, 0.25) is 5.89 Å². The van der Waals surface area contributed by atoms with Crippen molar-refractivity contribution in [3.8, 4) is 16.9 Å². The van der Waals surface area contributed by atoms with E-state index in [1.807, 2.05) is 12.1 Å². The number of nitriles is 1. The molecule has 1 aromatic carbocycles. The van der Waals surface area contributed by atoms with Gasteiger partial charge in [0.15, 0.2) is 0 Å². The van der Waals surface area contributed by atoms with Crippen molar-refractivity contribution < 1.29 is 4.42 Å². The third kappa shape index (κ3) is 2.41. The largest absolute Gasteiger partial charge is 0.411 e. The van der Waals surface area contributed by atoms with E-state index in [0.29, 0.717) is 16.5 Å². The van der Waals surface area contributed by atoms with Gasteiger partial charge in [0.1, 0.15) is 5.40 Å². The number of thiocyanates is 1. The highest BCUT2D eigenvalue weighted by molar-refractivity contribution is 8.89. The van der Waals surface area contributed by atoms with Crippen LogP contribution in [-0.2, 0) is 0 Å². The maximum Gasteiger partial charge on any atom is 0.280 e. The molecular weight excluding hydrogens is 278 g/mol. The molecule has 0 N–H and O–H groups in total. The first-order valence-corrected chi connectivity index (χ1v) is 8.02. The molecule has 1 unspecified atom stereocenters. The van der Waals surface area contributed by atoms with Crippen molar-refractivity contribution in [2.24, 2.45) is 0 Å². The number of hydrogen-bond donors (Lipinski definition) is 1. The number of hydrogen-bond acceptors (Lipinski definition) is 5. The van der Waals surface area contributed by atoms with E-state index < -0.39 is 9.06 Å². The molecule has 0 amide bonds. The van der Waals surface area contributed by atoms with Gasteiger partial charge in [-0.05, 0) is 27.4 Å². The maximum absolute atomic E-state index is 8.94. The molecule has 88 valence electrons. The molecule has 0 radical (unpaired) electrons. The molecule has 1 heterocycles. The van der Waals surface area contributed by atoms with Crippen LogP contribution in [0.2, 0.25) is 5.02 Å². The highest BCUT2D eigenvalue weighted by atomic mass is 35.5. The highest BCUT2D eigenvalue weighted by Crippen LogP contribution is 2.55. The Labute approximate surface area is 110 Å². The minimum absolute atomic E-state index is 0.234. The van der Waals surface area contributed by atoms with Crippen molar-refractivity contribution in [1.82, 2.24) is 10.2 Å². The van der Waals surface area contributed by atoms with Crippen LogP contribution >= 0.6 is 32.3 Å². The number of rotatable bonds is 2. The monoisotopic (exact) mass is 285 g/mol. The Balaban J connectivity index is 2.45. The number of benzene rings is 1. The molecule has 1 atom stereocenters. The molecule has 0 aliphatic rings. The molecule has 0 aliphatic heterocycles. The van der Waals surface area contributed by atoms with Gasteiger partial charge in [-0.15, -0.1) is 21.9 Å². The molecule has 0 bridgehead atoms. The van der Waals surface area contributed by atoms with Gasteiger partial charge in [-0.1, -0.05) is 23.7 Å². The molecule has 4 nitrogen and oxygen atoms in total. The van der Waals surface area contributed by atoms with Gasteiger partial charge < -0.3 is 4.42 Å². The van der Waals surface area contributed by atoms with Crippen molar-refractivity contribution in [1.29, 1.82) is 5.26 Å². The summed E-state index contributed by atoms with van der Waals surface area (Å²) in [6.45, 7) is 0. The van der Waals surface area contributed by atoms with E-state index in [4.69, 9.17) is 21.3 Å². The average molecular weight is 286 g/mol. The van der Waals surface area contributed by atoms with Crippen molar-refractivity contribution in [3.63, 3.8) is 0 Å². The van der Waals surface area contributed by atoms with Crippen molar-refractivity contribution in [3.05, 3.63) is 29.3 Å². The standard InChI is InChI=1S/C10H8ClN3OS2/c1-17(16,6-12)10-14-13-9(15-10)7-4-2-3-5-8(7)11/h2-5,16H,1H3. The van der Waals surface area contributed by atoms with Gasteiger partial charge in [-0.2, -0.15) is 5.26 Å². The van der Waals surface area contributed by atoms with Crippen LogP contribution in [0.15, 0.2) is 33.9 Å². The molecule has 0 spiro atoms. The number of halogens is 1. The second-order valence-corrected chi connectivity index (χ2v) is 8.20. The Morgan fingerprint density at radius 1 is 1.41 bits per heavy atom. The average Bonchev–Trinajstić information content (AvgIpc) is 2.79. The molecule has 7 heteroatoms. The van der Waals surface area contributed by atoms with E-state index in [1.54, 1.807) is 18.4 Å². The summed E-state index contributed by atoms with van der Waals surface area (Å²) < 4.78 is 5.44. The lowest BCUT2D eigenvalue weighted by atomic mass is 10.2. The van der Waals surface area contributed by atoms with Crippen LogP contribution in [0, 0.1) is 10.7 Å². The summed E-state index contributed by atoms with van der Waals surface area (Å²) in [5.41, 5.74) is 0.648. The van der Waals surface area contributed by atoms with Gasteiger partial charge in [0.25, 0.3) is 5.22 Å².